The van der Waals surface area contributed by atoms with E-state index in [1.807, 2.05) is 104 Å². The van der Waals surface area contributed by atoms with Gasteiger partial charge in [0, 0.05) is 17.1 Å². The quantitative estimate of drug-likeness (QED) is 0.181. The Morgan fingerprint density at radius 1 is 0.875 bits per heavy atom. The van der Waals surface area contributed by atoms with Crippen LogP contribution in [0.1, 0.15) is 23.6 Å². The van der Waals surface area contributed by atoms with Gasteiger partial charge in [-0.15, -0.1) is 0 Å². The van der Waals surface area contributed by atoms with Crippen molar-refractivity contribution in [3.8, 4) is 11.5 Å². The van der Waals surface area contributed by atoms with Gasteiger partial charge in [-0.2, -0.15) is 0 Å². The molecule has 7 heteroatoms. The molecule has 1 aliphatic heterocycles. The monoisotopic (exact) mass is 568 g/mol. The fourth-order valence-corrected chi connectivity index (χ4v) is 5.43. The van der Waals surface area contributed by atoms with E-state index >= 15 is 0 Å². The third kappa shape index (κ3) is 6.95. The van der Waals surface area contributed by atoms with Crippen LogP contribution in [0, 0.1) is 0 Å². The van der Waals surface area contributed by atoms with Gasteiger partial charge in [-0.25, -0.2) is 4.99 Å². The first-order valence-electron chi connectivity index (χ1n) is 13.1. The number of aliphatic imine (C=N–C) groups is 1. The van der Waals surface area contributed by atoms with Crippen LogP contribution in [-0.2, 0) is 17.8 Å². The number of hydrogen-bond acceptors (Lipinski definition) is 5. The lowest BCUT2D eigenvalue weighted by atomic mass is 10.1. The van der Waals surface area contributed by atoms with E-state index in [9.17, 15) is 4.79 Å². The van der Waals surface area contributed by atoms with Gasteiger partial charge in [0.2, 0.25) is 0 Å². The van der Waals surface area contributed by atoms with Crippen molar-refractivity contribution >= 4 is 46.2 Å². The molecule has 202 valence electrons. The first-order valence-corrected chi connectivity index (χ1v) is 14.3. The third-order valence-electron chi connectivity index (χ3n) is 6.24. The van der Waals surface area contributed by atoms with Crippen LogP contribution in [0.25, 0.3) is 6.08 Å². The summed E-state index contributed by atoms with van der Waals surface area (Å²) in [5.41, 5.74) is 3.72. The highest BCUT2D eigenvalue weighted by Gasteiger charge is 2.33. The van der Waals surface area contributed by atoms with Gasteiger partial charge >= 0.3 is 0 Å². The van der Waals surface area contributed by atoms with Gasteiger partial charge < -0.3 is 9.47 Å². The third-order valence-corrected chi connectivity index (χ3v) is 7.62. The first-order chi connectivity index (χ1) is 19.6. The molecular formula is C33H29ClN2O3S. The molecule has 1 amide bonds. The average molecular weight is 569 g/mol. The number of amides is 1. The van der Waals surface area contributed by atoms with E-state index in [-0.39, 0.29) is 5.91 Å². The highest BCUT2D eigenvalue weighted by atomic mass is 35.5. The Labute approximate surface area is 244 Å². The summed E-state index contributed by atoms with van der Waals surface area (Å²) in [4.78, 5) is 20.8. The van der Waals surface area contributed by atoms with Crippen LogP contribution in [0.4, 0.5) is 5.69 Å². The van der Waals surface area contributed by atoms with Crippen LogP contribution < -0.4 is 9.47 Å². The number of carbonyl (C=O) groups excluding carboxylic acids is 1. The first kappa shape index (κ1) is 27.6. The summed E-state index contributed by atoms with van der Waals surface area (Å²) in [6, 6.07) is 33.1. The molecule has 4 aromatic carbocycles. The molecule has 0 N–H and O–H groups in total. The summed E-state index contributed by atoms with van der Waals surface area (Å²) >= 11 is 7.68. The molecule has 5 nitrogen and oxygen atoms in total. The maximum Gasteiger partial charge on any atom is 0.266 e. The summed E-state index contributed by atoms with van der Waals surface area (Å²) in [6.07, 6.45) is 2.62. The maximum atomic E-state index is 13.6. The zero-order valence-electron chi connectivity index (χ0n) is 22.1. The average Bonchev–Trinajstić information content (AvgIpc) is 3.26. The predicted octanol–water partition coefficient (Wildman–Crippen LogP) is 8.16. The lowest BCUT2D eigenvalue weighted by Crippen LogP contribution is -2.31. The van der Waals surface area contributed by atoms with Crippen molar-refractivity contribution < 1.29 is 14.3 Å². The Bertz CT molecular complexity index is 1520. The topological polar surface area (TPSA) is 51.1 Å². The van der Waals surface area contributed by atoms with E-state index in [0.29, 0.717) is 46.4 Å². The number of carbonyl (C=O) groups is 1. The summed E-state index contributed by atoms with van der Waals surface area (Å²) in [6.45, 7) is 3.27. The van der Waals surface area contributed by atoms with E-state index in [0.717, 1.165) is 23.2 Å². The Kier molecular flexibility index (Phi) is 9.22. The number of nitrogens with zero attached hydrogens (tertiary/aromatic N) is 2. The Hall–Kier alpha value is -4.00. The minimum absolute atomic E-state index is 0.0624. The Morgan fingerprint density at radius 3 is 2.35 bits per heavy atom. The van der Waals surface area contributed by atoms with Gasteiger partial charge in [-0.3, -0.25) is 9.69 Å². The fourth-order valence-electron chi connectivity index (χ4n) is 4.21. The van der Waals surface area contributed by atoms with E-state index in [1.54, 1.807) is 4.90 Å². The lowest BCUT2D eigenvalue weighted by molar-refractivity contribution is -0.122. The Balaban J connectivity index is 1.39. The van der Waals surface area contributed by atoms with Gasteiger partial charge in [-0.05, 0) is 72.6 Å². The van der Waals surface area contributed by atoms with Gasteiger partial charge in [0.1, 0.15) is 6.61 Å². The molecule has 1 fully saturated rings. The SMILES string of the molecule is CCOc1cc(/C=C2/SC(=Nc3ccccc3)N(CCc3ccccc3)C2=O)ccc1OCc1ccccc1Cl. The molecule has 40 heavy (non-hydrogen) atoms. The zero-order chi connectivity index (χ0) is 27.7. The van der Waals surface area contributed by atoms with Gasteiger partial charge in [0.25, 0.3) is 5.91 Å². The lowest BCUT2D eigenvalue weighted by Gasteiger charge is -2.15. The molecule has 0 unspecified atom stereocenters. The minimum Gasteiger partial charge on any atom is -0.490 e. The Morgan fingerprint density at radius 2 is 1.60 bits per heavy atom. The molecule has 0 atom stereocenters. The highest BCUT2D eigenvalue weighted by Crippen LogP contribution is 2.36. The van der Waals surface area contributed by atoms with Crippen LogP contribution in [0.2, 0.25) is 5.02 Å². The summed E-state index contributed by atoms with van der Waals surface area (Å²) in [5, 5.41) is 1.33. The van der Waals surface area contributed by atoms with Crippen LogP contribution in [0.3, 0.4) is 0 Å². The number of thioether (sulfide) groups is 1. The molecular weight excluding hydrogens is 540 g/mol. The van der Waals surface area contributed by atoms with E-state index in [1.165, 1.54) is 17.3 Å². The van der Waals surface area contributed by atoms with E-state index < -0.39 is 0 Å². The van der Waals surface area contributed by atoms with Crippen molar-refractivity contribution in [3.05, 3.63) is 130 Å². The molecule has 0 spiro atoms. The van der Waals surface area contributed by atoms with Gasteiger partial charge in [0.15, 0.2) is 16.7 Å². The number of amidine groups is 1. The second kappa shape index (κ2) is 13.4. The number of benzene rings is 4. The number of para-hydroxylation sites is 1. The highest BCUT2D eigenvalue weighted by molar-refractivity contribution is 8.18. The largest absolute Gasteiger partial charge is 0.490 e. The normalized spacial score (nSPS) is 15.2. The standard InChI is InChI=1S/C33H29ClN2O3S/c1-2-38-30-21-25(17-18-29(30)39-23-26-13-9-10-16-28(26)34)22-31-32(37)36(20-19-24-11-5-3-6-12-24)33(40-31)35-27-14-7-4-8-15-27/h3-18,21-22H,2,19-20,23H2,1H3/b31-22+,35-33?. The van der Waals surface area contributed by atoms with Crippen molar-refractivity contribution in [2.75, 3.05) is 13.2 Å². The van der Waals surface area contributed by atoms with Crippen LogP contribution in [0.5, 0.6) is 11.5 Å². The van der Waals surface area contributed by atoms with Crippen molar-refractivity contribution in [3.63, 3.8) is 0 Å². The van der Waals surface area contributed by atoms with E-state index in [2.05, 4.69) is 12.1 Å². The second-order valence-electron chi connectivity index (χ2n) is 9.05. The second-order valence-corrected chi connectivity index (χ2v) is 10.5. The predicted molar refractivity (Wildman–Crippen MR) is 164 cm³/mol. The zero-order valence-corrected chi connectivity index (χ0v) is 23.7. The maximum absolute atomic E-state index is 13.6. The van der Waals surface area contributed by atoms with Crippen LogP contribution in [0.15, 0.2) is 113 Å². The summed E-state index contributed by atoms with van der Waals surface area (Å²) < 4.78 is 11.9. The molecule has 0 aliphatic carbocycles. The van der Waals surface area contributed by atoms with E-state index in [4.69, 9.17) is 26.1 Å². The van der Waals surface area contributed by atoms with Crippen LogP contribution in [-0.4, -0.2) is 29.1 Å². The summed E-state index contributed by atoms with van der Waals surface area (Å²) in [5.74, 6) is 1.16. The minimum atomic E-state index is -0.0624. The molecule has 0 saturated carbocycles. The molecule has 5 rings (SSSR count). The summed E-state index contributed by atoms with van der Waals surface area (Å²) in [7, 11) is 0. The molecule has 0 radical (unpaired) electrons. The number of ether oxygens (including phenoxy) is 2. The number of halogens is 1. The van der Waals surface area contributed by atoms with Crippen molar-refractivity contribution in [1.82, 2.24) is 4.90 Å². The molecule has 0 aromatic heterocycles. The van der Waals surface area contributed by atoms with Crippen LogP contribution >= 0.6 is 23.4 Å². The molecule has 4 aromatic rings. The van der Waals surface area contributed by atoms with Gasteiger partial charge in [0.05, 0.1) is 17.2 Å². The van der Waals surface area contributed by atoms with Gasteiger partial charge in [-0.1, -0.05) is 84.4 Å². The molecule has 0 bridgehead atoms. The van der Waals surface area contributed by atoms with Crippen molar-refractivity contribution in [2.45, 2.75) is 20.0 Å². The molecule has 1 aliphatic rings. The molecule has 1 saturated heterocycles. The molecule has 1 heterocycles. The van der Waals surface area contributed by atoms with Crippen molar-refractivity contribution in [2.24, 2.45) is 4.99 Å². The number of hydrogen-bond donors (Lipinski definition) is 0. The smallest absolute Gasteiger partial charge is 0.266 e. The number of rotatable bonds is 10. The van der Waals surface area contributed by atoms with Crippen molar-refractivity contribution in [1.29, 1.82) is 0 Å². The fraction of sp³-hybridized carbons (Fsp3) is 0.152.